The molecule has 24 heavy (non-hydrogen) atoms. The number of likely N-dealkylation sites (N-methyl/N-ethyl adjacent to an activating group) is 1. The summed E-state index contributed by atoms with van der Waals surface area (Å²) >= 11 is 0. The van der Waals surface area contributed by atoms with Crippen LogP contribution in [0.25, 0.3) is 0 Å². The van der Waals surface area contributed by atoms with Gasteiger partial charge in [-0.05, 0) is 25.2 Å². The monoisotopic (exact) mass is 340 g/mol. The molecule has 0 saturated carbocycles. The van der Waals surface area contributed by atoms with E-state index in [4.69, 9.17) is 14.6 Å². The summed E-state index contributed by atoms with van der Waals surface area (Å²) in [6.45, 7) is 1.46. The van der Waals surface area contributed by atoms with Crippen molar-refractivity contribution in [3.63, 3.8) is 0 Å². The van der Waals surface area contributed by atoms with E-state index in [9.17, 15) is 14.0 Å². The Morgan fingerprint density at radius 3 is 2.92 bits per heavy atom. The zero-order valence-corrected chi connectivity index (χ0v) is 13.7. The van der Waals surface area contributed by atoms with Crippen molar-refractivity contribution in [3.05, 3.63) is 29.6 Å². The molecule has 1 saturated heterocycles. The smallest absolute Gasteiger partial charge is 0.317 e. The first-order valence-corrected chi connectivity index (χ1v) is 7.55. The van der Waals surface area contributed by atoms with Crippen molar-refractivity contribution in [2.75, 3.05) is 46.9 Å². The van der Waals surface area contributed by atoms with Gasteiger partial charge in [-0.1, -0.05) is 0 Å². The molecule has 1 aromatic carbocycles. The number of carboxylic acids is 1. The fourth-order valence-corrected chi connectivity index (χ4v) is 2.63. The molecule has 132 valence electrons. The second-order valence-corrected chi connectivity index (χ2v) is 5.68. The Morgan fingerprint density at radius 2 is 2.25 bits per heavy atom. The fraction of sp³-hybridized carbons (Fsp3) is 0.500. The molecule has 8 heteroatoms. The minimum atomic E-state index is -0.917. The van der Waals surface area contributed by atoms with Crippen molar-refractivity contribution in [1.29, 1.82) is 0 Å². The third-order valence-electron chi connectivity index (χ3n) is 3.74. The molecule has 1 amide bonds. The van der Waals surface area contributed by atoms with Crippen LogP contribution in [0.2, 0.25) is 0 Å². The summed E-state index contributed by atoms with van der Waals surface area (Å²) in [5.74, 6) is -1.65. The van der Waals surface area contributed by atoms with Crippen LogP contribution >= 0.6 is 0 Å². The number of methoxy groups -OCH3 is 1. The van der Waals surface area contributed by atoms with Crippen LogP contribution in [0.1, 0.15) is 10.4 Å². The van der Waals surface area contributed by atoms with E-state index in [1.54, 1.807) is 16.8 Å². The van der Waals surface area contributed by atoms with Gasteiger partial charge in [0.15, 0.2) is 11.6 Å². The molecule has 1 unspecified atom stereocenters. The molecule has 7 nitrogen and oxygen atoms in total. The van der Waals surface area contributed by atoms with Crippen molar-refractivity contribution < 1.29 is 28.6 Å². The molecule has 1 heterocycles. The molecule has 0 spiro atoms. The van der Waals surface area contributed by atoms with Crippen LogP contribution in [0.5, 0.6) is 5.75 Å². The van der Waals surface area contributed by atoms with Crippen LogP contribution in [-0.2, 0) is 9.53 Å². The van der Waals surface area contributed by atoms with Gasteiger partial charge in [-0.2, -0.15) is 0 Å². The third kappa shape index (κ3) is 4.65. The van der Waals surface area contributed by atoms with E-state index in [-0.39, 0.29) is 24.3 Å². The van der Waals surface area contributed by atoms with Gasteiger partial charge in [0.1, 0.15) is 0 Å². The van der Waals surface area contributed by atoms with Crippen LogP contribution in [0, 0.1) is 5.82 Å². The Kier molecular flexibility index (Phi) is 6.10. The molecule has 1 atom stereocenters. The lowest BCUT2D eigenvalue weighted by Gasteiger charge is -2.34. The summed E-state index contributed by atoms with van der Waals surface area (Å²) in [6.07, 6.45) is -0.269. The minimum Gasteiger partial charge on any atom is -0.494 e. The summed E-state index contributed by atoms with van der Waals surface area (Å²) in [5, 5.41) is 8.78. The molecule has 2 rings (SSSR count). The standard InChI is InChI=1S/C16H21FN2O5/c1-18(10-15(20)21)8-12-9-19(5-6-24-12)16(22)11-3-4-13(17)14(7-11)23-2/h3-4,7,12H,5-6,8-10H2,1-2H3,(H,20,21). The SMILES string of the molecule is COc1cc(C(=O)N2CCOC(CN(C)CC(=O)O)C2)ccc1F. The Morgan fingerprint density at radius 1 is 1.50 bits per heavy atom. The Labute approximate surface area is 139 Å². The van der Waals surface area contributed by atoms with Gasteiger partial charge in [0.05, 0.1) is 26.4 Å². The lowest BCUT2D eigenvalue weighted by molar-refractivity contribution is -0.138. The van der Waals surface area contributed by atoms with Gasteiger partial charge in [0.25, 0.3) is 5.91 Å². The number of nitrogens with zero attached hydrogens (tertiary/aromatic N) is 2. The van der Waals surface area contributed by atoms with Gasteiger partial charge in [0.2, 0.25) is 0 Å². The summed E-state index contributed by atoms with van der Waals surface area (Å²) in [4.78, 5) is 26.5. The molecular formula is C16H21FN2O5. The van der Waals surface area contributed by atoms with E-state index in [1.165, 1.54) is 25.3 Å². The van der Waals surface area contributed by atoms with Crippen LogP contribution < -0.4 is 4.74 Å². The highest BCUT2D eigenvalue weighted by atomic mass is 19.1. The molecule has 0 aliphatic carbocycles. The maximum Gasteiger partial charge on any atom is 0.317 e. The minimum absolute atomic E-state index is 0.0202. The number of amides is 1. The topological polar surface area (TPSA) is 79.3 Å². The van der Waals surface area contributed by atoms with Crippen LogP contribution in [0.3, 0.4) is 0 Å². The Bertz CT molecular complexity index is 610. The highest BCUT2D eigenvalue weighted by Crippen LogP contribution is 2.20. The molecule has 0 radical (unpaired) electrons. The first-order valence-electron chi connectivity index (χ1n) is 7.55. The number of rotatable bonds is 6. The number of carbonyl (C=O) groups is 2. The van der Waals surface area contributed by atoms with Crippen LogP contribution in [0.15, 0.2) is 18.2 Å². The van der Waals surface area contributed by atoms with Gasteiger partial charge in [-0.25, -0.2) is 4.39 Å². The number of halogens is 1. The van der Waals surface area contributed by atoms with E-state index in [2.05, 4.69) is 0 Å². The number of morpholine rings is 1. The van der Waals surface area contributed by atoms with Gasteiger partial charge in [0, 0.05) is 25.2 Å². The number of carboxylic acid groups (broad SMARTS) is 1. The van der Waals surface area contributed by atoms with Crippen molar-refractivity contribution in [2.45, 2.75) is 6.10 Å². The molecule has 1 aliphatic rings. The quantitative estimate of drug-likeness (QED) is 0.821. The molecule has 0 bridgehead atoms. The normalized spacial score (nSPS) is 17.8. The third-order valence-corrected chi connectivity index (χ3v) is 3.74. The maximum absolute atomic E-state index is 13.5. The predicted molar refractivity (Wildman–Crippen MR) is 83.7 cm³/mol. The zero-order chi connectivity index (χ0) is 17.7. The van der Waals surface area contributed by atoms with E-state index in [1.807, 2.05) is 0 Å². The summed E-state index contributed by atoms with van der Waals surface area (Å²) in [6, 6.07) is 3.99. The summed E-state index contributed by atoms with van der Waals surface area (Å²) in [7, 11) is 3.03. The van der Waals surface area contributed by atoms with E-state index in [0.717, 1.165) is 0 Å². The Balaban J connectivity index is 2.01. The van der Waals surface area contributed by atoms with Crippen molar-refractivity contribution in [3.8, 4) is 5.75 Å². The largest absolute Gasteiger partial charge is 0.494 e. The Hall–Kier alpha value is -2.19. The molecule has 1 aromatic rings. The number of ether oxygens (including phenoxy) is 2. The van der Waals surface area contributed by atoms with E-state index in [0.29, 0.717) is 31.8 Å². The van der Waals surface area contributed by atoms with Gasteiger partial charge in [-0.3, -0.25) is 14.5 Å². The first-order chi connectivity index (χ1) is 11.4. The van der Waals surface area contributed by atoms with E-state index < -0.39 is 11.8 Å². The number of benzene rings is 1. The van der Waals surface area contributed by atoms with Crippen molar-refractivity contribution >= 4 is 11.9 Å². The second-order valence-electron chi connectivity index (χ2n) is 5.68. The maximum atomic E-state index is 13.5. The van der Waals surface area contributed by atoms with Gasteiger partial charge in [-0.15, -0.1) is 0 Å². The highest BCUT2D eigenvalue weighted by Gasteiger charge is 2.26. The molecule has 1 N–H and O–H groups in total. The molecule has 0 aromatic heterocycles. The molecule has 1 aliphatic heterocycles. The van der Waals surface area contributed by atoms with Crippen molar-refractivity contribution in [2.24, 2.45) is 0 Å². The number of hydrogen-bond donors (Lipinski definition) is 1. The highest BCUT2D eigenvalue weighted by molar-refractivity contribution is 5.94. The summed E-state index contributed by atoms with van der Waals surface area (Å²) in [5.41, 5.74) is 0.341. The van der Waals surface area contributed by atoms with Crippen LogP contribution in [-0.4, -0.2) is 79.8 Å². The number of hydrogen-bond acceptors (Lipinski definition) is 5. The molecule has 1 fully saturated rings. The fourth-order valence-electron chi connectivity index (χ4n) is 2.63. The number of aliphatic carboxylic acids is 1. The zero-order valence-electron chi connectivity index (χ0n) is 13.7. The lowest BCUT2D eigenvalue weighted by atomic mass is 10.1. The van der Waals surface area contributed by atoms with Crippen molar-refractivity contribution in [1.82, 2.24) is 9.80 Å². The second kappa shape index (κ2) is 8.07. The average Bonchev–Trinajstić information content (AvgIpc) is 2.54. The summed E-state index contributed by atoms with van der Waals surface area (Å²) < 4.78 is 24.0. The van der Waals surface area contributed by atoms with Crippen LogP contribution in [0.4, 0.5) is 4.39 Å². The average molecular weight is 340 g/mol. The number of carbonyl (C=O) groups excluding carboxylic acids is 1. The van der Waals surface area contributed by atoms with Gasteiger partial charge < -0.3 is 19.5 Å². The predicted octanol–water partition coefficient (Wildman–Crippen LogP) is 0.692. The van der Waals surface area contributed by atoms with Gasteiger partial charge >= 0.3 is 5.97 Å². The first kappa shape index (κ1) is 18.2. The lowest BCUT2D eigenvalue weighted by Crippen LogP contribution is -2.49. The molecular weight excluding hydrogens is 319 g/mol. The van der Waals surface area contributed by atoms with E-state index >= 15 is 0 Å².